The number of hydrogen-bond donors (Lipinski definition) is 0. The smallest absolute Gasteiger partial charge is 0.255 e. The van der Waals surface area contributed by atoms with Crippen molar-refractivity contribution in [3.8, 4) is 0 Å². The first-order valence-corrected chi connectivity index (χ1v) is 9.50. The molecule has 3 rings (SSSR count). The van der Waals surface area contributed by atoms with Crippen LogP contribution in [0.25, 0.3) is 0 Å². The Hall–Kier alpha value is -1.18. The lowest BCUT2D eigenvalue weighted by atomic mass is 10.1. The van der Waals surface area contributed by atoms with Crippen molar-refractivity contribution in [3.05, 3.63) is 29.0 Å². The molecule has 120 valence electrons. The number of rotatable bonds is 2. The fraction of sp³-hybridized carbons (Fsp3) is 0.571. The highest BCUT2D eigenvalue weighted by molar-refractivity contribution is 7.91. The van der Waals surface area contributed by atoms with Crippen molar-refractivity contribution in [3.63, 3.8) is 0 Å². The summed E-state index contributed by atoms with van der Waals surface area (Å²) in [6.45, 7) is 2.65. The predicted octanol–water partition coefficient (Wildman–Crippen LogP) is 0.680. The molecule has 1 aromatic heterocycles. The Balaban J connectivity index is 1.57. The summed E-state index contributed by atoms with van der Waals surface area (Å²) in [7, 11) is -2.86. The zero-order valence-corrected chi connectivity index (χ0v) is 13.7. The van der Waals surface area contributed by atoms with Crippen molar-refractivity contribution in [1.29, 1.82) is 0 Å². The zero-order valence-electron chi connectivity index (χ0n) is 12.1. The molecule has 1 amide bonds. The number of piperazine rings is 1. The van der Waals surface area contributed by atoms with Crippen LogP contribution in [0.5, 0.6) is 0 Å². The summed E-state index contributed by atoms with van der Waals surface area (Å²) in [6.07, 6.45) is 2.19. The van der Waals surface area contributed by atoms with Crippen LogP contribution in [0.15, 0.2) is 18.3 Å². The Kier molecular flexibility index (Phi) is 4.38. The summed E-state index contributed by atoms with van der Waals surface area (Å²) < 4.78 is 23.1. The fourth-order valence-electron chi connectivity index (χ4n) is 3.04. The summed E-state index contributed by atoms with van der Waals surface area (Å²) >= 11 is 5.73. The van der Waals surface area contributed by atoms with Gasteiger partial charge in [0.1, 0.15) is 5.15 Å². The third-order valence-electron chi connectivity index (χ3n) is 4.30. The van der Waals surface area contributed by atoms with Gasteiger partial charge in [-0.3, -0.25) is 9.69 Å². The average molecular weight is 344 g/mol. The minimum Gasteiger partial charge on any atom is -0.336 e. The Morgan fingerprint density at radius 3 is 2.50 bits per heavy atom. The first-order valence-electron chi connectivity index (χ1n) is 7.30. The highest BCUT2D eigenvalue weighted by Gasteiger charge is 2.34. The molecule has 0 unspecified atom stereocenters. The molecule has 2 fully saturated rings. The van der Waals surface area contributed by atoms with E-state index in [-0.39, 0.29) is 23.5 Å². The van der Waals surface area contributed by atoms with Crippen molar-refractivity contribution in [2.24, 2.45) is 0 Å². The molecule has 0 radical (unpaired) electrons. The lowest BCUT2D eigenvalue weighted by molar-refractivity contribution is 0.0587. The number of hydrogen-bond acceptors (Lipinski definition) is 5. The van der Waals surface area contributed by atoms with Crippen molar-refractivity contribution in [2.75, 3.05) is 37.7 Å². The number of pyridine rings is 1. The van der Waals surface area contributed by atoms with Crippen LogP contribution in [-0.4, -0.2) is 72.8 Å². The van der Waals surface area contributed by atoms with Gasteiger partial charge < -0.3 is 4.90 Å². The van der Waals surface area contributed by atoms with Gasteiger partial charge in [-0.15, -0.1) is 0 Å². The van der Waals surface area contributed by atoms with Crippen molar-refractivity contribution >= 4 is 27.3 Å². The number of amides is 1. The van der Waals surface area contributed by atoms with Crippen LogP contribution in [0.2, 0.25) is 5.15 Å². The Morgan fingerprint density at radius 2 is 1.95 bits per heavy atom. The normalized spacial score (nSPS) is 25.3. The van der Waals surface area contributed by atoms with Crippen LogP contribution >= 0.6 is 11.6 Å². The number of carbonyl (C=O) groups is 1. The molecule has 0 aliphatic carbocycles. The molecular formula is C14H18ClN3O3S. The summed E-state index contributed by atoms with van der Waals surface area (Å²) in [6, 6.07) is 3.39. The molecule has 22 heavy (non-hydrogen) atoms. The second kappa shape index (κ2) is 6.14. The van der Waals surface area contributed by atoms with E-state index in [1.54, 1.807) is 17.0 Å². The Labute approximate surface area is 135 Å². The average Bonchev–Trinajstić information content (AvgIpc) is 2.88. The van der Waals surface area contributed by atoms with E-state index in [1.165, 1.54) is 6.20 Å². The highest BCUT2D eigenvalue weighted by Crippen LogP contribution is 2.20. The Bertz CT molecular complexity index is 654. The van der Waals surface area contributed by atoms with E-state index < -0.39 is 9.84 Å². The minimum atomic E-state index is -2.86. The fourth-order valence-corrected chi connectivity index (χ4v) is 4.91. The molecule has 6 nitrogen and oxygen atoms in total. The largest absolute Gasteiger partial charge is 0.336 e. The van der Waals surface area contributed by atoms with Gasteiger partial charge in [-0.25, -0.2) is 13.4 Å². The topological polar surface area (TPSA) is 70.6 Å². The molecule has 0 N–H and O–H groups in total. The van der Waals surface area contributed by atoms with Gasteiger partial charge in [-0.05, 0) is 18.6 Å². The maximum absolute atomic E-state index is 12.4. The molecular weight excluding hydrogens is 326 g/mol. The second-order valence-electron chi connectivity index (χ2n) is 5.75. The van der Waals surface area contributed by atoms with Gasteiger partial charge >= 0.3 is 0 Å². The number of carbonyl (C=O) groups excluding carboxylic acids is 1. The maximum atomic E-state index is 12.4. The molecule has 0 spiro atoms. The second-order valence-corrected chi connectivity index (χ2v) is 8.37. The van der Waals surface area contributed by atoms with Crippen LogP contribution in [0, 0.1) is 0 Å². The van der Waals surface area contributed by atoms with E-state index in [9.17, 15) is 13.2 Å². The summed E-state index contributed by atoms with van der Waals surface area (Å²) in [4.78, 5) is 20.3. The van der Waals surface area contributed by atoms with Gasteiger partial charge in [0, 0.05) is 38.4 Å². The van der Waals surface area contributed by atoms with Gasteiger partial charge in [-0.1, -0.05) is 11.6 Å². The molecule has 0 aromatic carbocycles. The molecule has 2 aliphatic rings. The van der Waals surface area contributed by atoms with Crippen LogP contribution in [-0.2, 0) is 9.84 Å². The van der Waals surface area contributed by atoms with E-state index in [4.69, 9.17) is 11.6 Å². The van der Waals surface area contributed by atoms with Crippen molar-refractivity contribution in [2.45, 2.75) is 12.5 Å². The predicted molar refractivity (Wildman–Crippen MR) is 83.8 cm³/mol. The van der Waals surface area contributed by atoms with Gasteiger partial charge in [0.2, 0.25) is 0 Å². The van der Waals surface area contributed by atoms with E-state index >= 15 is 0 Å². The molecule has 2 saturated heterocycles. The lowest BCUT2D eigenvalue weighted by Gasteiger charge is -2.37. The number of aromatic nitrogens is 1. The van der Waals surface area contributed by atoms with Crippen LogP contribution in [0.1, 0.15) is 16.8 Å². The first-order chi connectivity index (χ1) is 10.4. The van der Waals surface area contributed by atoms with Crippen molar-refractivity contribution < 1.29 is 13.2 Å². The quantitative estimate of drug-likeness (QED) is 0.738. The molecule has 8 heteroatoms. The molecule has 3 heterocycles. The van der Waals surface area contributed by atoms with Crippen LogP contribution in [0.4, 0.5) is 0 Å². The lowest BCUT2D eigenvalue weighted by Crippen LogP contribution is -2.52. The highest BCUT2D eigenvalue weighted by atomic mass is 35.5. The molecule has 2 aliphatic heterocycles. The van der Waals surface area contributed by atoms with Crippen LogP contribution in [0.3, 0.4) is 0 Å². The number of sulfone groups is 1. The number of halogens is 1. The SMILES string of the molecule is O=C(c1ccc(Cl)nc1)N1CCN([C@H]2CCS(=O)(=O)C2)CC1. The summed E-state index contributed by atoms with van der Waals surface area (Å²) in [5.41, 5.74) is 0.529. The molecule has 1 aromatic rings. The standard InChI is InChI=1S/C14H18ClN3O3S/c15-13-2-1-11(9-16-13)14(19)18-6-4-17(5-7-18)12-3-8-22(20,21)10-12/h1-2,9,12H,3-8,10H2/t12-/m0/s1. The summed E-state index contributed by atoms with van der Waals surface area (Å²) in [5, 5.41) is 0.365. The van der Waals surface area contributed by atoms with Gasteiger partial charge in [-0.2, -0.15) is 0 Å². The van der Waals surface area contributed by atoms with Gasteiger partial charge in [0.25, 0.3) is 5.91 Å². The molecule has 0 bridgehead atoms. The van der Waals surface area contributed by atoms with E-state index in [0.29, 0.717) is 43.3 Å². The number of nitrogens with zero attached hydrogens (tertiary/aromatic N) is 3. The Morgan fingerprint density at radius 1 is 1.23 bits per heavy atom. The zero-order chi connectivity index (χ0) is 15.7. The monoisotopic (exact) mass is 343 g/mol. The maximum Gasteiger partial charge on any atom is 0.255 e. The van der Waals surface area contributed by atoms with Crippen molar-refractivity contribution in [1.82, 2.24) is 14.8 Å². The molecule has 0 saturated carbocycles. The first kappa shape index (κ1) is 15.7. The van der Waals surface area contributed by atoms with Crippen LogP contribution < -0.4 is 0 Å². The minimum absolute atomic E-state index is 0.0529. The van der Waals surface area contributed by atoms with E-state index in [1.807, 2.05) is 0 Å². The van der Waals surface area contributed by atoms with E-state index in [2.05, 4.69) is 9.88 Å². The van der Waals surface area contributed by atoms with Gasteiger partial charge in [0.15, 0.2) is 9.84 Å². The van der Waals surface area contributed by atoms with E-state index in [0.717, 1.165) is 0 Å². The third-order valence-corrected chi connectivity index (χ3v) is 6.27. The molecule has 1 atom stereocenters. The van der Waals surface area contributed by atoms with Gasteiger partial charge in [0.05, 0.1) is 17.1 Å². The third kappa shape index (κ3) is 3.42. The summed E-state index contributed by atoms with van der Waals surface area (Å²) in [5.74, 6) is 0.484.